The number of carbonyl (C=O) groups excluding carboxylic acids is 1. The van der Waals surface area contributed by atoms with Crippen LogP contribution >= 0.6 is 12.2 Å². The van der Waals surface area contributed by atoms with Gasteiger partial charge in [0.15, 0.2) is 16.6 Å². The Kier molecular flexibility index (Phi) is 6.82. The molecule has 5 nitrogen and oxygen atoms in total. The van der Waals surface area contributed by atoms with Crippen molar-refractivity contribution in [3.63, 3.8) is 0 Å². The second kappa shape index (κ2) is 9.52. The summed E-state index contributed by atoms with van der Waals surface area (Å²) in [5.74, 6) is 0.731. The summed E-state index contributed by atoms with van der Waals surface area (Å²) in [5, 5.41) is 3.39. The highest BCUT2D eigenvalue weighted by molar-refractivity contribution is 7.80. The molecule has 0 aliphatic carbocycles. The van der Waals surface area contributed by atoms with Crippen LogP contribution in [0.2, 0.25) is 0 Å². The highest BCUT2D eigenvalue weighted by Gasteiger charge is 2.29. The molecule has 7 heteroatoms. The maximum atomic E-state index is 13.0. The quantitative estimate of drug-likeness (QED) is 0.516. The van der Waals surface area contributed by atoms with Gasteiger partial charge >= 0.3 is 0 Å². The van der Waals surface area contributed by atoms with Crippen LogP contribution in [0, 0.1) is 5.82 Å². The average Bonchev–Trinajstić information content (AvgIpc) is 2.97. The summed E-state index contributed by atoms with van der Waals surface area (Å²) >= 11 is 5.24. The second-order valence-corrected chi connectivity index (χ2v) is 6.89. The molecule has 0 radical (unpaired) electrons. The summed E-state index contributed by atoms with van der Waals surface area (Å²) < 4.78 is 24.6. The molecule has 0 aromatic heterocycles. The first-order valence-electron chi connectivity index (χ1n) is 9.50. The molecule has 2 aromatic rings. The molecule has 1 N–H and O–H groups in total. The Balaban J connectivity index is 1.77. The largest absolute Gasteiger partial charge is 0.490 e. The van der Waals surface area contributed by atoms with E-state index in [1.165, 1.54) is 12.1 Å². The van der Waals surface area contributed by atoms with Gasteiger partial charge in [-0.2, -0.15) is 0 Å². The van der Waals surface area contributed by atoms with Crippen molar-refractivity contribution in [2.75, 3.05) is 13.2 Å². The molecule has 0 bridgehead atoms. The lowest BCUT2D eigenvalue weighted by atomic mass is 10.1. The van der Waals surface area contributed by atoms with E-state index in [9.17, 15) is 9.18 Å². The molecule has 0 unspecified atom stereocenters. The van der Waals surface area contributed by atoms with Crippen molar-refractivity contribution in [2.45, 2.75) is 26.9 Å². The van der Waals surface area contributed by atoms with Crippen LogP contribution in [-0.2, 0) is 11.4 Å². The number of benzene rings is 2. The van der Waals surface area contributed by atoms with Gasteiger partial charge in [-0.3, -0.25) is 9.69 Å². The number of carbonyl (C=O) groups is 1. The van der Waals surface area contributed by atoms with E-state index < -0.39 is 0 Å². The van der Waals surface area contributed by atoms with Crippen LogP contribution in [0.25, 0.3) is 6.08 Å². The molecule has 2 aromatic carbocycles. The molecule has 0 atom stereocenters. The van der Waals surface area contributed by atoms with Gasteiger partial charge in [0.25, 0.3) is 5.91 Å². The molecule has 1 saturated heterocycles. The van der Waals surface area contributed by atoms with Crippen molar-refractivity contribution in [2.24, 2.45) is 0 Å². The van der Waals surface area contributed by atoms with E-state index >= 15 is 0 Å². The third-order valence-corrected chi connectivity index (χ3v) is 4.62. The Morgan fingerprint density at radius 2 is 1.86 bits per heavy atom. The van der Waals surface area contributed by atoms with E-state index in [0.717, 1.165) is 17.5 Å². The fraction of sp³-hybridized carbons (Fsp3) is 0.273. The summed E-state index contributed by atoms with van der Waals surface area (Å²) in [6.45, 7) is 5.23. The summed E-state index contributed by atoms with van der Waals surface area (Å²) in [4.78, 5) is 14.1. The van der Waals surface area contributed by atoms with Crippen molar-refractivity contribution >= 4 is 29.3 Å². The number of amides is 1. The number of nitrogens with zero attached hydrogens (tertiary/aromatic N) is 1. The lowest BCUT2D eigenvalue weighted by molar-refractivity contribution is -0.122. The topological polar surface area (TPSA) is 50.8 Å². The van der Waals surface area contributed by atoms with Crippen molar-refractivity contribution in [3.05, 3.63) is 65.1 Å². The van der Waals surface area contributed by atoms with Crippen molar-refractivity contribution < 1.29 is 18.7 Å². The molecule has 152 valence electrons. The monoisotopic (exact) mass is 414 g/mol. The number of thiocarbonyl (C=S) groups is 1. The van der Waals surface area contributed by atoms with Gasteiger partial charge in [0.2, 0.25) is 0 Å². The highest BCUT2D eigenvalue weighted by Crippen LogP contribution is 2.30. The van der Waals surface area contributed by atoms with Crippen LogP contribution in [0.4, 0.5) is 4.39 Å². The van der Waals surface area contributed by atoms with E-state index in [0.29, 0.717) is 42.1 Å². The first-order valence-corrected chi connectivity index (χ1v) is 9.91. The van der Waals surface area contributed by atoms with E-state index in [-0.39, 0.29) is 11.7 Å². The fourth-order valence-corrected chi connectivity index (χ4v) is 3.19. The molecule has 0 spiro atoms. The maximum absolute atomic E-state index is 13.0. The molecule has 1 aliphatic heterocycles. The molecule has 0 saturated carbocycles. The normalized spacial score (nSPS) is 15.0. The standard InChI is InChI=1S/C22H23FN2O3S/c1-3-11-25-21(26)18(24-22(25)29)12-16-7-10-19(20(13-16)27-4-2)28-14-15-5-8-17(23)9-6-15/h5-10,12-13H,3-4,11,14H2,1-2H3,(H,24,29). The lowest BCUT2D eigenvalue weighted by Crippen LogP contribution is -2.31. The lowest BCUT2D eigenvalue weighted by Gasteiger charge is -2.13. The molecule has 1 amide bonds. The van der Waals surface area contributed by atoms with Crippen LogP contribution in [0.3, 0.4) is 0 Å². The van der Waals surface area contributed by atoms with Gasteiger partial charge in [-0.15, -0.1) is 0 Å². The summed E-state index contributed by atoms with van der Waals surface area (Å²) in [6.07, 6.45) is 2.58. The predicted molar refractivity (Wildman–Crippen MR) is 114 cm³/mol. The van der Waals surface area contributed by atoms with Crippen LogP contribution in [0.15, 0.2) is 48.2 Å². The van der Waals surface area contributed by atoms with Gasteiger partial charge in [-0.25, -0.2) is 4.39 Å². The minimum absolute atomic E-state index is 0.133. The zero-order chi connectivity index (χ0) is 20.8. The van der Waals surface area contributed by atoms with Gasteiger partial charge < -0.3 is 14.8 Å². The molecule has 1 aliphatic rings. The summed E-state index contributed by atoms with van der Waals surface area (Å²) in [7, 11) is 0. The second-order valence-electron chi connectivity index (χ2n) is 6.50. The van der Waals surface area contributed by atoms with Gasteiger partial charge in [0, 0.05) is 6.54 Å². The Hall–Kier alpha value is -2.93. The molecule has 3 rings (SSSR count). The van der Waals surface area contributed by atoms with Crippen molar-refractivity contribution in [1.82, 2.24) is 10.2 Å². The van der Waals surface area contributed by atoms with E-state index in [2.05, 4.69) is 5.32 Å². The Morgan fingerprint density at radius 1 is 1.10 bits per heavy atom. The number of hydrogen-bond acceptors (Lipinski definition) is 4. The Bertz CT molecular complexity index is 928. The van der Waals surface area contributed by atoms with E-state index in [1.807, 2.05) is 26.0 Å². The van der Waals surface area contributed by atoms with Crippen LogP contribution < -0.4 is 14.8 Å². The van der Waals surface area contributed by atoms with Gasteiger partial charge in [-0.1, -0.05) is 25.1 Å². The van der Waals surface area contributed by atoms with E-state index in [4.69, 9.17) is 21.7 Å². The van der Waals surface area contributed by atoms with Gasteiger partial charge in [-0.05, 0) is 67.0 Å². The van der Waals surface area contributed by atoms with Crippen molar-refractivity contribution in [3.8, 4) is 11.5 Å². The summed E-state index contributed by atoms with van der Waals surface area (Å²) in [5.41, 5.74) is 2.08. The fourth-order valence-electron chi connectivity index (χ4n) is 2.91. The zero-order valence-corrected chi connectivity index (χ0v) is 17.2. The predicted octanol–water partition coefficient (Wildman–Crippen LogP) is 4.27. The van der Waals surface area contributed by atoms with Gasteiger partial charge in [0.1, 0.15) is 18.1 Å². The number of rotatable bonds is 8. The first-order chi connectivity index (χ1) is 14.0. The molecule has 1 heterocycles. The SMILES string of the molecule is CCCN1C(=O)C(=Cc2ccc(OCc3ccc(F)cc3)c(OCC)c2)NC1=S. The maximum Gasteiger partial charge on any atom is 0.276 e. The minimum atomic E-state index is -0.284. The van der Waals surface area contributed by atoms with Crippen molar-refractivity contribution in [1.29, 1.82) is 0 Å². The summed E-state index contributed by atoms with van der Waals surface area (Å²) in [6, 6.07) is 11.6. The number of ether oxygens (including phenoxy) is 2. The minimum Gasteiger partial charge on any atom is -0.490 e. The molecule has 1 fully saturated rings. The number of nitrogens with one attached hydrogen (secondary N) is 1. The number of halogens is 1. The zero-order valence-electron chi connectivity index (χ0n) is 16.4. The Labute approximate surface area is 175 Å². The smallest absolute Gasteiger partial charge is 0.276 e. The number of hydrogen-bond donors (Lipinski definition) is 1. The van der Waals surface area contributed by atoms with Crippen LogP contribution in [0.1, 0.15) is 31.4 Å². The third kappa shape index (κ3) is 5.12. The Morgan fingerprint density at radius 3 is 2.55 bits per heavy atom. The average molecular weight is 415 g/mol. The first kappa shape index (κ1) is 20.8. The molecular weight excluding hydrogens is 391 g/mol. The molecule has 29 heavy (non-hydrogen) atoms. The van der Waals surface area contributed by atoms with E-state index in [1.54, 1.807) is 29.2 Å². The van der Waals surface area contributed by atoms with Crippen LogP contribution in [0.5, 0.6) is 11.5 Å². The molecular formula is C22H23FN2O3S. The highest BCUT2D eigenvalue weighted by atomic mass is 32.1. The van der Waals surface area contributed by atoms with Crippen LogP contribution in [-0.4, -0.2) is 29.1 Å². The van der Waals surface area contributed by atoms with Gasteiger partial charge in [0.05, 0.1) is 6.61 Å². The third-order valence-electron chi connectivity index (χ3n) is 4.30.